The van der Waals surface area contributed by atoms with E-state index in [1.54, 1.807) is 0 Å². The molecule has 2 aliphatic heterocycles. The van der Waals surface area contributed by atoms with Crippen molar-refractivity contribution in [3.8, 4) is 0 Å². The predicted molar refractivity (Wildman–Crippen MR) is 269 cm³/mol. The van der Waals surface area contributed by atoms with Gasteiger partial charge in [0.2, 0.25) is 0 Å². The lowest BCUT2D eigenvalue weighted by Crippen LogP contribution is -2.59. The van der Waals surface area contributed by atoms with Crippen LogP contribution in [-0.2, 0) is 0 Å². The highest BCUT2D eigenvalue weighted by Crippen LogP contribution is 2.57. The molecule has 4 heteroatoms. The molecule has 0 saturated heterocycles. The molecule has 2 heterocycles. The molecular weight excluding hydrogens is 777 g/mol. The number of nitrogens with zero attached hydrogens (tertiary/aromatic N) is 4. The zero-order valence-corrected chi connectivity index (χ0v) is 36.0. The largest absolute Gasteiger partial charge is 0.345 e. The van der Waals surface area contributed by atoms with E-state index in [0.29, 0.717) is 0 Å². The van der Waals surface area contributed by atoms with Gasteiger partial charge in [-0.3, -0.25) is 0 Å². The lowest BCUT2D eigenvalue weighted by atomic mass is 9.64. The van der Waals surface area contributed by atoms with Crippen LogP contribution in [0.15, 0.2) is 223 Å². The summed E-state index contributed by atoms with van der Waals surface area (Å²) in [6, 6.07) is 65.7. The van der Waals surface area contributed by atoms with Crippen LogP contribution < -0.4 is 30.0 Å². The van der Waals surface area contributed by atoms with Gasteiger partial charge in [0.15, 0.2) is 0 Å². The number of para-hydroxylation sites is 6. The third kappa shape index (κ3) is 5.05. The summed E-state index contributed by atoms with van der Waals surface area (Å²) < 4.78 is 0. The first kappa shape index (κ1) is 36.8. The van der Waals surface area contributed by atoms with Crippen LogP contribution >= 0.6 is 0 Å². The van der Waals surface area contributed by atoms with Crippen molar-refractivity contribution in [3.05, 3.63) is 245 Å². The van der Waals surface area contributed by atoms with Crippen LogP contribution in [0, 0.1) is 0 Å². The smallest absolute Gasteiger partial charge is 0.101 e. The van der Waals surface area contributed by atoms with Crippen molar-refractivity contribution in [2.24, 2.45) is 0 Å². The summed E-state index contributed by atoms with van der Waals surface area (Å²) in [6.45, 7) is 0. The molecule has 0 amide bonds. The van der Waals surface area contributed by atoms with E-state index in [1.807, 2.05) is 0 Å². The Kier molecular flexibility index (Phi) is 8.11. The lowest BCUT2D eigenvalue weighted by Gasteiger charge is -2.55. The van der Waals surface area contributed by atoms with Crippen LogP contribution in [0.2, 0.25) is 0 Å². The molecule has 0 radical (unpaired) electrons. The molecule has 306 valence electrons. The number of allylic oxidation sites excluding steroid dienone is 5. The van der Waals surface area contributed by atoms with E-state index in [1.165, 1.54) is 94.0 Å². The van der Waals surface area contributed by atoms with E-state index in [9.17, 15) is 0 Å². The Morgan fingerprint density at radius 2 is 1.03 bits per heavy atom. The topological polar surface area (TPSA) is 13.0 Å². The zero-order chi connectivity index (χ0) is 42.5. The predicted octanol–water partition coefficient (Wildman–Crippen LogP) is 13.1. The van der Waals surface area contributed by atoms with Gasteiger partial charge in [0, 0.05) is 25.0 Å². The first-order valence-electron chi connectivity index (χ1n) is 22.6. The lowest BCUT2D eigenvalue weighted by molar-refractivity contribution is 0.596. The third-order valence-corrected chi connectivity index (χ3v) is 14.5. The Hall–Kier alpha value is -7.82. The van der Waals surface area contributed by atoms with Crippen molar-refractivity contribution in [1.29, 1.82) is 0 Å². The summed E-state index contributed by atoms with van der Waals surface area (Å²) in [7, 11) is 4.45. The van der Waals surface area contributed by atoms with Gasteiger partial charge in [0.25, 0.3) is 0 Å². The van der Waals surface area contributed by atoms with Gasteiger partial charge in [-0.1, -0.05) is 158 Å². The summed E-state index contributed by atoms with van der Waals surface area (Å²) in [5.41, 5.74) is 16.6. The minimum atomic E-state index is -0.672. The Bertz CT molecular complexity index is 3490. The van der Waals surface area contributed by atoms with Crippen molar-refractivity contribution < 1.29 is 0 Å². The quantitative estimate of drug-likeness (QED) is 0.175. The molecule has 0 N–H and O–H groups in total. The Morgan fingerprint density at radius 1 is 0.484 bits per heavy atom. The third-order valence-electron chi connectivity index (χ3n) is 14.5. The normalized spacial score (nSPS) is 18.4. The fraction of sp³-hybridized carbons (Fsp3) is 0.100. The van der Waals surface area contributed by atoms with E-state index >= 15 is 0 Å². The van der Waals surface area contributed by atoms with Crippen molar-refractivity contribution in [2.75, 3.05) is 33.7 Å². The van der Waals surface area contributed by atoms with E-state index < -0.39 is 5.54 Å². The number of hydrogen-bond acceptors (Lipinski definition) is 4. The number of hydrogen-bond donors (Lipinski definition) is 0. The molecule has 13 rings (SSSR count). The SMILES string of the molecule is CN1C2=C(C=CCC2)N(C23CC=CC=C2C(c2cccc4ccccc24)=c2c(N4c5ccccc5N(C)c5ccccc54)cccc2=C3c2cccc3ccccc23)c2ccccc21. The van der Waals surface area contributed by atoms with Gasteiger partial charge in [-0.05, 0) is 122 Å². The molecule has 5 aliphatic rings. The molecule has 3 aliphatic carbocycles. The first-order valence-corrected chi connectivity index (χ1v) is 22.6. The van der Waals surface area contributed by atoms with Crippen molar-refractivity contribution in [1.82, 2.24) is 0 Å². The maximum Gasteiger partial charge on any atom is 0.101 e. The van der Waals surface area contributed by atoms with E-state index in [2.05, 4.69) is 240 Å². The molecule has 8 aromatic carbocycles. The van der Waals surface area contributed by atoms with E-state index in [-0.39, 0.29) is 0 Å². The maximum atomic E-state index is 2.76. The van der Waals surface area contributed by atoms with Crippen molar-refractivity contribution >= 4 is 72.5 Å². The molecular formula is C60H46N4. The summed E-state index contributed by atoms with van der Waals surface area (Å²) in [5.74, 6) is 0. The minimum absolute atomic E-state index is 0.672. The monoisotopic (exact) mass is 822 g/mol. The fourth-order valence-corrected chi connectivity index (χ4v) is 11.8. The second kappa shape index (κ2) is 14.1. The van der Waals surface area contributed by atoms with Crippen LogP contribution in [0.3, 0.4) is 0 Å². The van der Waals surface area contributed by atoms with Crippen LogP contribution in [0.5, 0.6) is 0 Å². The number of rotatable bonds is 4. The Balaban J connectivity index is 1.29. The summed E-state index contributed by atoms with van der Waals surface area (Å²) in [6.07, 6.45) is 14.8. The minimum Gasteiger partial charge on any atom is -0.345 e. The second-order valence-corrected chi connectivity index (χ2v) is 17.6. The summed E-state index contributed by atoms with van der Waals surface area (Å²) in [4.78, 5) is 10.1. The van der Waals surface area contributed by atoms with E-state index in [0.717, 1.165) is 36.3 Å². The van der Waals surface area contributed by atoms with Gasteiger partial charge in [0.05, 0.1) is 45.5 Å². The summed E-state index contributed by atoms with van der Waals surface area (Å²) in [5, 5.41) is 7.45. The number of anilines is 7. The molecule has 64 heavy (non-hydrogen) atoms. The average Bonchev–Trinajstić information content (AvgIpc) is 3.36. The molecule has 1 unspecified atom stereocenters. The van der Waals surface area contributed by atoms with Gasteiger partial charge in [-0.25, -0.2) is 0 Å². The van der Waals surface area contributed by atoms with Crippen LogP contribution in [0.4, 0.5) is 39.8 Å². The molecule has 4 nitrogen and oxygen atoms in total. The molecule has 8 aromatic rings. The summed E-state index contributed by atoms with van der Waals surface area (Å²) >= 11 is 0. The van der Waals surface area contributed by atoms with Gasteiger partial charge in [0.1, 0.15) is 5.54 Å². The Labute approximate surface area is 374 Å². The van der Waals surface area contributed by atoms with Gasteiger partial charge in [-0.15, -0.1) is 0 Å². The van der Waals surface area contributed by atoms with Crippen molar-refractivity contribution in [2.45, 2.75) is 24.8 Å². The molecule has 0 aromatic heterocycles. The van der Waals surface area contributed by atoms with Gasteiger partial charge >= 0.3 is 0 Å². The van der Waals surface area contributed by atoms with Crippen LogP contribution in [0.1, 0.15) is 30.4 Å². The van der Waals surface area contributed by atoms with E-state index in [4.69, 9.17) is 0 Å². The first-order chi connectivity index (χ1) is 31.6. The Morgan fingerprint density at radius 3 is 1.73 bits per heavy atom. The van der Waals surface area contributed by atoms with Crippen LogP contribution in [-0.4, -0.2) is 19.6 Å². The second-order valence-electron chi connectivity index (χ2n) is 17.6. The molecule has 0 saturated carbocycles. The highest BCUT2D eigenvalue weighted by Gasteiger charge is 2.52. The highest BCUT2D eigenvalue weighted by molar-refractivity contribution is 6.09. The zero-order valence-electron chi connectivity index (χ0n) is 36.0. The molecule has 0 spiro atoms. The number of fused-ring (bicyclic) bond motifs is 7. The van der Waals surface area contributed by atoms with Gasteiger partial charge < -0.3 is 19.6 Å². The van der Waals surface area contributed by atoms with Crippen LogP contribution in [0.25, 0.3) is 32.7 Å². The van der Waals surface area contributed by atoms with Crippen molar-refractivity contribution in [3.63, 3.8) is 0 Å². The molecule has 0 fully saturated rings. The maximum absolute atomic E-state index is 2.76. The molecule has 0 bridgehead atoms. The average molecular weight is 823 g/mol. The van der Waals surface area contributed by atoms with Gasteiger partial charge in [-0.2, -0.15) is 0 Å². The standard InChI is InChI=1S/C60H46N4/c1-61-48-30-7-11-34-52(48)63(53-35-12-8-31-49(53)61)56-38-19-28-46-58(56)57(44-26-17-22-40-20-3-5-24-42(40)44)47-29-15-16-39-60(47,59(46)45-27-18-23-41-21-4-6-25-43(41)45)64-54-36-13-9-32-50(54)62(2)51-33-10-14-37-55(51)64/h3-9,11-32,34-38H,10,33,39H2,1-2H3. The fourth-order valence-electron chi connectivity index (χ4n) is 11.8. The number of benzene rings is 8. The molecule has 1 atom stereocenters. The highest BCUT2D eigenvalue weighted by atomic mass is 15.3.